The fourth-order valence-electron chi connectivity index (χ4n) is 1.99. The highest BCUT2D eigenvalue weighted by molar-refractivity contribution is 6.06. The fraction of sp³-hybridized carbons (Fsp3) is 0.188. The van der Waals surface area contributed by atoms with Gasteiger partial charge in [0.1, 0.15) is 5.75 Å². The number of ether oxygens (including phenoxy) is 1. The van der Waals surface area contributed by atoms with E-state index in [0.717, 1.165) is 11.1 Å². The van der Waals surface area contributed by atoms with Crippen LogP contribution in [0.15, 0.2) is 36.4 Å². The Bertz CT molecular complexity index is 651. The molecule has 0 fully saturated rings. The molecule has 0 saturated carbocycles. The summed E-state index contributed by atoms with van der Waals surface area (Å²) in [5, 5.41) is 2.84. The van der Waals surface area contributed by atoms with E-state index in [2.05, 4.69) is 5.32 Å². The van der Waals surface area contributed by atoms with Crippen LogP contribution in [0.5, 0.6) is 5.75 Å². The molecule has 0 unspecified atom stereocenters. The lowest BCUT2D eigenvalue weighted by Crippen LogP contribution is -2.14. The lowest BCUT2D eigenvalue weighted by Gasteiger charge is -2.12. The number of hydrogen-bond donors (Lipinski definition) is 2. The van der Waals surface area contributed by atoms with E-state index in [-0.39, 0.29) is 5.91 Å². The van der Waals surface area contributed by atoms with E-state index in [9.17, 15) is 4.79 Å². The number of rotatable bonds is 3. The Hall–Kier alpha value is -2.49. The molecule has 4 heteroatoms. The van der Waals surface area contributed by atoms with Crippen LogP contribution in [-0.2, 0) is 0 Å². The van der Waals surface area contributed by atoms with Crippen molar-refractivity contribution in [3.63, 3.8) is 0 Å². The molecule has 0 aliphatic heterocycles. The summed E-state index contributed by atoms with van der Waals surface area (Å²) in [5.41, 5.74) is 9.50. The van der Waals surface area contributed by atoms with Gasteiger partial charge in [-0.25, -0.2) is 0 Å². The smallest absolute Gasteiger partial charge is 0.256 e. The second-order valence-corrected chi connectivity index (χ2v) is 4.73. The van der Waals surface area contributed by atoms with Crippen molar-refractivity contribution in [2.75, 3.05) is 18.2 Å². The van der Waals surface area contributed by atoms with Crippen LogP contribution in [0.3, 0.4) is 0 Å². The zero-order chi connectivity index (χ0) is 14.7. The molecule has 0 bridgehead atoms. The number of benzene rings is 2. The predicted molar refractivity (Wildman–Crippen MR) is 81.3 cm³/mol. The molecule has 0 heterocycles. The summed E-state index contributed by atoms with van der Waals surface area (Å²) in [6.45, 7) is 3.86. The largest absolute Gasteiger partial charge is 0.495 e. The normalized spacial score (nSPS) is 10.2. The van der Waals surface area contributed by atoms with Crippen molar-refractivity contribution in [1.82, 2.24) is 0 Å². The van der Waals surface area contributed by atoms with Gasteiger partial charge in [-0.05, 0) is 43.7 Å². The highest BCUT2D eigenvalue weighted by Gasteiger charge is 2.12. The zero-order valence-corrected chi connectivity index (χ0v) is 11.9. The van der Waals surface area contributed by atoms with Gasteiger partial charge >= 0.3 is 0 Å². The van der Waals surface area contributed by atoms with Crippen molar-refractivity contribution in [1.29, 1.82) is 0 Å². The van der Waals surface area contributed by atoms with Crippen molar-refractivity contribution in [2.45, 2.75) is 13.8 Å². The predicted octanol–water partition coefficient (Wildman–Crippen LogP) is 3.15. The quantitative estimate of drug-likeness (QED) is 0.842. The Morgan fingerprint density at radius 3 is 2.60 bits per heavy atom. The van der Waals surface area contributed by atoms with Gasteiger partial charge in [-0.15, -0.1) is 0 Å². The van der Waals surface area contributed by atoms with E-state index in [1.807, 2.05) is 32.0 Å². The first-order valence-electron chi connectivity index (χ1n) is 6.33. The monoisotopic (exact) mass is 270 g/mol. The molecule has 0 atom stereocenters. The number of carbonyl (C=O) groups excluding carboxylic acids is 1. The Morgan fingerprint density at radius 2 is 1.90 bits per heavy atom. The molecule has 0 spiro atoms. The van der Waals surface area contributed by atoms with Crippen LogP contribution in [0.25, 0.3) is 0 Å². The topological polar surface area (TPSA) is 64.3 Å². The summed E-state index contributed by atoms with van der Waals surface area (Å²) >= 11 is 0. The lowest BCUT2D eigenvalue weighted by atomic mass is 10.0. The molecular formula is C16H18N2O2. The Morgan fingerprint density at radius 1 is 1.15 bits per heavy atom. The minimum atomic E-state index is -0.171. The van der Waals surface area contributed by atoms with Crippen molar-refractivity contribution in [3.8, 4) is 5.75 Å². The molecule has 0 saturated heterocycles. The lowest BCUT2D eigenvalue weighted by molar-refractivity contribution is 0.102. The van der Waals surface area contributed by atoms with Gasteiger partial charge < -0.3 is 15.8 Å². The molecular weight excluding hydrogens is 252 g/mol. The van der Waals surface area contributed by atoms with E-state index in [4.69, 9.17) is 10.5 Å². The summed E-state index contributed by atoms with van der Waals surface area (Å²) in [5.74, 6) is 0.410. The Labute approximate surface area is 118 Å². The van der Waals surface area contributed by atoms with E-state index < -0.39 is 0 Å². The number of nitrogen functional groups attached to an aromatic ring is 1. The fourth-order valence-corrected chi connectivity index (χ4v) is 1.99. The Kier molecular flexibility index (Phi) is 3.94. The average Bonchev–Trinajstić information content (AvgIpc) is 2.41. The number of nitrogens with one attached hydrogen (secondary N) is 1. The Balaban J connectivity index is 2.32. The van der Waals surface area contributed by atoms with Crippen LogP contribution in [0, 0.1) is 13.8 Å². The summed E-state index contributed by atoms with van der Waals surface area (Å²) in [6.07, 6.45) is 0. The van der Waals surface area contributed by atoms with Crippen LogP contribution in [0.2, 0.25) is 0 Å². The first-order valence-corrected chi connectivity index (χ1v) is 6.33. The SMILES string of the molecule is COc1ccc(N)cc1NC(=O)c1cc(C)ccc1C. The van der Waals surface area contributed by atoms with Crippen molar-refractivity contribution < 1.29 is 9.53 Å². The van der Waals surface area contributed by atoms with Gasteiger partial charge in [-0.2, -0.15) is 0 Å². The van der Waals surface area contributed by atoms with Crippen LogP contribution < -0.4 is 15.8 Å². The summed E-state index contributed by atoms with van der Waals surface area (Å²) in [7, 11) is 1.55. The maximum Gasteiger partial charge on any atom is 0.256 e. The second kappa shape index (κ2) is 5.65. The van der Waals surface area contributed by atoms with Gasteiger partial charge in [0.05, 0.1) is 12.8 Å². The molecule has 20 heavy (non-hydrogen) atoms. The van der Waals surface area contributed by atoms with Gasteiger partial charge in [0.2, 0.25) is 0 Å². The molecule has 2 aromatic carbocycles. The molecule has 0 aromatic heterocycles. The molecule has 2 rings (SSSR count). The van der Waals surface area contributed by atoms with E-state index in [1.54, 1.807) is 25.3 Å². The first kappa shape index (κ1) is 13.9. The minimum Gasteiger partial charge on any atom is -0.495 e. The minimum absolute atomic E-state index is 0.171. The average molecular weight is 270 g/mol. The molecule has 104 valence electrons. The van der Waals surface area contributed by atoms with Crippen LogP contribution in [0.1, 0.15) is 21.5 Å². The first-order chi connectivity index (χ1) is 9.51. The number of nitrogens with two attached hydrogens (primary N) is 1. The third-order valence-corrected chi connectivity index (χ3v) is 3.11. The standard InChI is InChI=1S/C16H18N2O2/c1-10-4-5-11(2)13(8-10)16(19)18-14-9-12(17)6-7-15(14)20-3/h4-9H,17H2,1-3H3,(H,18,19). The highest BCUT2D eigenvalue weighted by Crippen LogP contribution is 2.27. The number of carbonyl (C=O) groups is 1. The van der Waals surface area contributed by atoms with Gasteiger partial charge in [0, 0.05) is 11.3 Å². The number of hydrogen-bond acceptors (Lipinski definition) is 3. The molecule has 0 aliphatic carbocycles. The highest BCUT2D eigenvalue weighted by atomic mass is 16.5. The zero-order valence-electron chi connectivity index (χ0n) is 11.9. The van der Waals surface area contributed by atoms with Crippen molar-refractivity contribution >= 4 is 17.3 Å². The molecule has 2 aromatic rings. The molecule has 4 nitrogen and oxygen atoms in total. The second-order valence-electron chi connectivity index (χ2n) is 4.73. The van der Waals surface area contributed by atoms with E-state index in [1.165, 1.54) is 0 Å². The maximum absolute atomic E-state index is 12.4. The maximum atomic E-state index is 12.4. The van der Waals surface area contributed by atoms with Crippen LogP contribution >= 0.6 is 0 Å². The van der Waals surface area contributed by atoms with Crippen molar-refractivity contribution in [3.05, 3.63) is 53.1 Å². The van der Waals surface area contributed by atoms with Gasteiger partial charge in [0.25, 0.3) is 5.91 Å². The summed E-state index contributed by atoms with van der Waals surface area (Å²) < 4.78 is 5.22. The number of amides is 1. The summed E-state index contributed by atoms with van der Waals surface area (Å²) in [4.78, 5) is 12.4. The molecule has 1 amide bonds. The third-order valence-electron chi connectivity index (χ3n) is 3.11. The molecule has 0 radical (unpaired) electrons. The number of aryl methyl sites for hydroxylation is 2. The number of anilines is 2. The van der Waals surface area contributed by atoms with E-state index in [0.29, 0.717) is 22.7 Å². The third kappa shape index (κ3) is 2.91. The van der Waals surface area contributed by atoms with Crippen molar-refractivity contribution in [2.24, 2.45) is 0 Å². The summed E-state index contributed by atoms with van der Waals surface area (Å²) in [6, 6.07) is 10.9. The van der Waals surface area contributed by atoms with Gasteiger partial charge in [-0.3, -0.25) is 4.79 Å². The molecule has 0 aliphatic rings. The van der Waals surface area contributed by atoms with Crippen LogP contribution in [0.4, 0.5) is 11.4 Å². The molecule has 3 N–H and O–H groups in total. The van der Waals surface area contributed by atoms with Gasteiger partial charge in [-0.1, -0.05) is 17.7 Å². The van der Waals surface area contributed by atoms with Crippen LogP contribution in [-0.4, -0.2) is 13.0 Å². The van der Waals surface area contributed by atoms with E-state index >= 15 is 0 Å². The van der Waals surface area contributed by atoms with Gasteiger partial charge in [0.15, 0.2) is 0 Å². The number of methoxy groups -OCH3 is 1.